The van der Waals surface area contributed by atoms with E-state index in [0.29, 0.717) is 20.7 Å². The molecule has 3 aromatic rings. The van der Waals surface area contributed by atoms with E-state index in [1.165, 1.54) is 21.9 Å². The Kier molecular flexibility index (Phi) is 5.06. The van der Waals surface area contributed by atoms with Crippen LogP contribution >= 0.6 is 27.3 Å². The van der Waals surface area contributed by atoms with E-state index in [0.717, 1.165) is 17.8 Å². The lowest BCUT2D eigenvalue weighted by Gasteiger charge is -2.05. The van der Waals surface area contributed by atoms with E-state index >= 15 is 0 Å². The van der Waals surface area contributed by atoms with Crippen LogP contribution in [0.2, 0.25) is 0 Å². The Morgan fingerprint density at radius 2 is 2.17 bits per heavy atom. The molecule has 0 spiro atoms. The fourth-order valence-corrected chi connectivity index (χ4v) is 3.59. The first-order valence-corrected chi connectivity index (χ1v) is 8.99. The van der Waals surface area contributed by atoms with Gasteiger partial charge in [0, 0.05) is 17.0 Å². The molecule has 124 valence electrons. The van der Waals surface area contributed by atoms with E-state index in [4.69, 9.17) is 4.74 Å². The highest BCUT2D eigenvalue weighted by Crippen LogP contribution is 2.18. The van der Waals surface area contributed by atoms with Crippen LogP contribution in [0, 0.1) is 0 Å². The molecule has 0 bridgehead atoms. The quantitative estimate of drug-likeness (QED) is 0.607. The predicted molar refractivity (Wildman–Crippen MR) is 94.4 cm³/mol. The topological polar surface area (TPSA) is 73.6 Å². The van der Waals surface area contributed by atoms with Gasteiger partial charge < -0.3 is 4.74 Å². The van der Waals surface area contributed by atoms with Crippen LogP contribution in [0.15, 0.2) is 39.6 Å². The first-order valence-electron chi connectivity index (χ1n) is 7.39. The highest BCUT2D eigenvalue weighted by Gasteiger charge is 2.13. The molecule has 3 rings (SSSR count). The summed E-state index contributed by atoms with van der Waals surface area (Å²) in [6, 6.07) is 8.34. The molecule has 2 heterocycles. The minimum absolute atomic E-state index is 0.0626. The molecule has 0 saturated carbocycles. The van der Waals surface area contributed by atoms with Crippen LogP contribution in [0.3, 0.4) is 0 Å². The summed E-state index contributed by atoms with van der Waals surface area (Å²) in [6.45, 7) is 1.99. The number of aromatic nitrogens is 3. The minimum Gasteiger partial charge on any atom is -0.456 e. The SMILES string of the molecule is CCCc1nn2c(=O)cc(COC(=O)c3ccccc3Br)nc2s1. The number of carbonyl (C=O) groups is 1. The molecule has 6 nitrogen and oxygen atoms in total. The third-order valence-corrected chi connectivity index (χ3v) is 4.91. The van der Waals surface area contributed by atoms with E-state index in [1.54, 1.807) is 18.2 Å². The molecule has 8 heteroatoms. The summed E-state index contributed by atoms with van der Waals surface area (Å²) >= 11 is 4.68. The average Bonchev–Trinajstić information content (AvgIpc) is 2.96. The van der Waals surface area contributed by atoms with Crippen molar-refractivity contribution in [1.29, 1.82) is 0 Å². The number of rotatable bonds is 5. The van der Waals surface area contributed by atoms with Crippen LogP contribution < -0.4 is 5.56 Å². The molecule has 0 atom stereocenters. The van der Waals surface area contributed by atoms with Gasteiger partial charge in [0.05, 0.1) is 11.3 Å². The normalized spacial score (nSPS) is 10.9. The Hall–Kier alpha value is -2.06. The molecule has 0 amide bonds. The fourth-order valence-electron chi connectivity index (χ4n) is 2.13. The standard InChI is InChI=1S/C16H14BrN3O3S/c1-2-5-13-19-20-14(21)8-10(18-16(20)24-13)9-23-15(22)11-6-3-4-7-12(11)17/h3-4,6-8H,2,5,9H2,1H3. The van der Waals surface area contributed by atoms with Crippen molar-refractivity contribution in [2.24, 2.45) is 0 Å². The maximum absolute atomic E-state index is 12.1. The molecule has 1 aromatic carbocycles. The Balaban J connectivity index is 1.79. The van der Waals surface area contributed by atoms with Gasteiger partial charge in [-0.05, 0) is 34.5 Å². The number of halogens is 1. The number of benzene rings is 1. The van der Waals surface area contributed by atoms with Gasteiger partial charge in [-0.2, -0.15) is 9.61 Å². The first kappa shape index (κ1) is 16.8. The van der Waals surface area contributed by atoms with Gasteiger partial charge in [-0.25, -0.2) is 9.78 Å². The number of ether oxygens (including phenoxy) is 1. The molecular formula is C16H14BrN3O3S. The molecule has 0 fully saturated rings. The summed E-state index contributed by atoms with van der Waals surface area (Å²) < 4.78 is 7.20. The van der Waals surface area contributed by atoms with E-state index < -0.39 is 5.97 Å². The van der Waals surface area contributed by atoms with Crippen LogP contribution in [0.4, 0.5) is 0 Å². The van der Waals surface area contributed by atoms with Crippen LogP contribution in [-0.2, 0) is 17.8 Å². The summed E-state index contributed by atoms with van der Waals surface area (Å²) in [4.78, 5) is 29.1. The van der Waals surface area contributed by atoms with E-state index in [9.17, 15) is 9.59 Å². The zero-order valence-corrected chi connectivity index (χ0v) is 15.3. The number of aryl methyl sites for hydroxylation is 1. The Labute approximate surface area is 150 Å². The van der Waals surface area contributed by atoms with Crippen LogP contribution in [0.25, 0.3) is 4.96 Å². The van der Waals surface area contributed by atoms with Crippen LogP contribution in [0.1, 0.15) is 34.4 Å². The fraction of sp³-hybridized carbons (Fsp3) is 0.250. The summed E-state index contributed by atoms with van der Waals surface area (Å²) in [5.74, 6) is -0.472. The third-order valence-electron chi connectivity index (χ3n) is 3.25. The van der Waals surface area contributed by atoms with Crippen molar-refractivity contribution in [2.75, 3.05) is 0 Å². The van der Waals surface area contributed by atoms with Gasteiger partial charge in [-0.1, -0.05) is 30.4 Å². The number of carbonyl (C=O) groups excluding carboxylic acids is 1. The van der Waals surface area contributed by atoms with Crippen molar-refractivity contribution >= 4 is 38.2 Å². The summed E-state index contributed by atoms with van der Waals surface area (Å²) in [6.07, 6.45) is 1.75. The highest BCUT2D eigenvalue weighted by atomic mass is 79.9. The lowest BCUT2D eigenvalue weighted by atomic mass is 10.2. The molecule has 2 aromatic heterocycles. The number of hydrogen-bond donors (Lipinski definition) is 0. The highest BCUT2D eigenvalue weighted by molar-refractivity contribution is 9.10. The van der Waals surface area contributed by atoms with Gasteiger partial charge in [0.25, 0.3) is 5.56 Å². The van der Waals surface area contributed by atoms with E-state index in [1.807, 2.05) is 6.07 Å². The molecule has 0 saturated heterocycles. The molecule has 0 aliphatic rings. The second-order valence-corrected chi connectivity index (χ2v) is 6.98. The zero-order valence-electron chi connectivity index (χ0n) is 12.9. The zero-order chi connectivity index (χ0) is 17.1. The Morgan fingerprint density at radius 1 is 1.38 bits per heavy atom. The van der Waals surface area contributed by atoms with Crippen LogP contribution in [0.5, 0.6) is 0 Å². The van der Waals surface area contributed by atoms with E-state index in [2.05, 4.69) is 32.9 Å². The lowest BCUT2D eigenvalue weighted by molar-refractivity contribution is 0.0466. The third kappa shape index (κ3) is 3.54. The van der Waals surface area contributed by atoms with Gasteiger partial charge in [-0.15, -0.1) is 0 Å². The number of esters is 1. The van der Waals surface area contributed by atoms with Gasteiger partial charge in [0.15, 0.2) is 0 Å². The molecular weight excluding hydrogens is 394 g/mol. The monoisotopic (exact) mass is 407 g/mol. The molecule has 0 radical (unpaired) electrons. The predicted octanol–water partition coefficient (Wildman–Crippen LogP) is 3.22. The number of hydrogen-bond acceptors (Lipinski definition) is 6. The minimum atomic E-state index is -0.472. The van der Waals surface area contributed by atoms with Gasteiger partial charge in [-0.3, -0.25) is 4.79 Å². The Bertz CT molecular complexity index is 951. The first-order chi connectivity index (χ1) is 11.6. The van der Waals surface area contributed by atoms with Crippen molar-refractivity contribution in [3.05, 3.63) is 61.4 Å². The van der Waals surface area contributed by atoms with Crippen molar-refractivity contribution in [3.8, 4) is 0 Å². The number of fused-ring (bicyclic) bond motifs is 1. The molecule has 0 N–H and O–H groups in total. The van der Waals surface area contributed by atoms with Gasteiger partial charge >= 0.3 is 5.97 Å². The second kappa shape index (κ2) is 7.23. The largest absolute Gasteiger partial charge is 0.456 e. The van der Waals surface area contributed by atoms with Crippen molar-refractivity contribution in [1.82, 2.24) is 14.6 Å². The smallest absolute Gasteiger partial charge is 0.339 e. The number of nitrogens with zero attached hydrogens (tertiary/aromatic N) is 3. The average molecular weight is 408 g/mol. The van der Waals surface area contributed by atoms with Gasteiger partial charge in [0.2, 0.25) is 4.96 Å². The summed E-state index contributed by atoms with van der Waals surface area (Å²) in [7, 11) is 0. The summed E-state index contributed by atoms with van der Waals surface area (Å²) in [5, 5.41) is 5.11. The summed E-state index contributed by atoms with van der Waals surface area (Å²) in [5.41, 5.74) is 0.566. The van der Waals surface area contributed by atoms with E-state index in [-0.39, 0.29) is 12.2 Å². The Morgan fingerprint density at radius 3 is 2.92 bits per heavy atom. The second-order valence-electron chi connectivity index (χ2n) is 5.08. The molecule has 0 aliphatic carbocycles. The lowest BCUT2D eigenvalue weighted by Crippen LogP contribution is -2.16. The van der Waals surface area contributed by atoms with Crippen molar-refractivity contribution < 1.29 is 9.53 Å². The molecule has 24 heavy (non-hydrogen) atoms. The maximum Gasteiger partial charge on any atom is 0.339 e. The maximum atomic E-state index is 12.1. The van der Waals surface area contributed by atoms with Crippen molar-refractivity contribution in [3.63, 3.8) is 0 Å². The van der Waals surface area contributed by atoms with Crippen molar-refractivity contribution in [2.45, 2.75) is 26.4 Å². The van der Waals surface area contributed by atoms with Gasteiger partial charge in [0.1, 0.15) is 11.6 Å². The molecule has 0 unspecified atom stereocenters. The van der Waals surface area contributed by atoms with Crippen LogP contribution in [-0.4, -0.2) is 20.6 Å². The molecule has 0 aliphatic heterocycles.